The minimum absolute atomic E-state index is 0.206. The smallest absolute Gasteiger partial charge is 0.237 e. The molecule has 0 bridgehead atoms. The largest absolute Gasteiger partial charge is 0.394 e. The third-order valence-corrected chi connectivity index (χ3v) is 3.83. The van der Waals surface area contributed by atoms with Crippen LogP contribution in [0.15, 0.2) is 0 Å². The van der Waals surface area contributed by atoms with Crippen molar-refractivity contribution in [3.8, 4) is 0 Å². The SMILES string of the molecule is CCc1nn(C)c(N(CC(N)=O)C2CCCC2)c1N. The number of nitrogens with zero attached hydrogens (tertiary/aromatic N) is 3. The summed E-state index contributed by atoms with van der Waals surface area (Å²) in [5.41, 5.74) is 13.1. The van der Waals surface area contributed by atoms with Crippen molar-refractivity contribution in [2.24, 2.45) is 12.8 Å². The molecule has 4 N–H and O–H groups in total. The molecule has 1 aliphatic rings. The van der Waals surface area contributed by atoms with Gasteiger partial charge in [0.15, 0.2) is 5.82 Å². The zero-order valence-electron chi connectivity index (χ0n) is 11.7. The zero-order valence-corrected chi connectivity index (χ0v) is 11.7. The lowest BCUT2D eigenvalue weighted by Gasteiger charge is -2.30. The van der Waals surface area contributed by atoms with Crippen LogP contribution in [0.2, 0.25) is 0 Å². The summed E-state index contributed by atoms with van der Waals surface area (Å²) in [7, 11) is 1.87. The van der Waals surface area contributed by atoms with Crippen LogP contribution in [0.5, 0.6) is 0 Å². The fourth-order valence-corrected chi connectivity index (χ4v) is 2.95. The van der Waals surface area contributed by atoms with Crippen LogP contribution >= 0.6 is 0 Å². The van der Waals surface area contributed by atoms with Crippen molar-refractivity contribution in [2.45, 2.75) is 45.1 Å². The van der Waals surface area contributed by atoms with Crippen molar-refractivity contribution in [3.63, 3.8) is 0 Å². The van der Waals surface area contributed by atoms with Crippen molar-refractivity contribution < 1.29 is 4.79 Å². The summed E-state index contributed by atoms with van der Waals surface area (Å²) in [6.45, 7) is 2.23. The lowest BCUT2D eigenvalue weighted by molar-refractivity contribution is -0.116. The molecule has 1 heterocycles. The molecule has 1 aliphatic carbocycles. The Bertz CT molecular complexity index is 462. The molecule has 19 heavy (non-hydrogen) atoms. The fourth-order valence-electron chi connectivity index (χ4n) is 2.95. The van der Waals surface area contributed by atoms with Gasteiger partial charge in [-0.3, -0.25) is 9.48 Å². The maximum absolute atomic E-state index is 11.3. The number of nitrogen functional groups attached to an aromatic ring is 1. The molecular weight excluding hydrogens is 242 g/mol. The third-order valence-electron chi connectivity index (χ3n) is 3.83. The molecule has 1 aromatic rings. The van der Waals surface area contributed by atoms with Gasteiger partial charge in [-0.25, -0.2) is 0 Å². The molecular formula is C13H23N5O. The average Bonchev–Trinajstić information content (AvgIpc) is 2.95. The van der Waals surface area contributed by atoms with Gasteiger partial charge in [0.2, 0.25) is 5.91 Å². The highest BCUT2D eigenvalue weighted by Crippen LogP contribution is 2.33. The second-order valence-electron chi connectivity index (χ2n) is 5.19. The highest BCUT2D eigenvalue weighted by Gasteiger charge is 2.28. The van der Waals surface area contributed by atoms with Crippen LogP contribution < -0.4 is 16.4 Å². The summed E-state index contributed by atoms with van der Waals surface area (Å²) in [6.07, 6.45) is 5.34. The van der Waals surface area contributed by atoms with Gasteiger partial charge in [-0.1, -0.05) is 19.8 Å². The van der Waals surface area contributed by atoms with E-state index in [9.17, 15) is 4.79 Å². The molecule has 2 rings (SSSR count). The van der Waals surface area contributed by atoms with Crippen LogP contribution in [0, 0.1) is 0 Å². The standard InChI is InChI=1S/C13H23N5O/c1-3-10-12(15)13(17(2)16-10)18(8-11(14)19)9-6-4-5-7-9/h9H,3-8,15H2,1-2H3,(H2,14,19). The van der Waals surface area contributed by atoms with Crippen molar-refractivity contribution in [3.05, 3.63) is 5.69 Å². The number of aromatic nitrogens is 2. The minimum atomic E-state index is -0.328. The number of primary amides is 1. The van der Waals surface area contributed by atoms with Gasteiger partial charge in [-0.05, 0) is 19.3 Å². The van der Waals surface area contributed by atoms with Gasteiger partial charge >= 0.3 is 0 Å². The Labute approximate surface area is 113 Å². The molecule has 0 unspecified atom stereocenters. The number of hydrogen-bond donors (Lipinski definition) is 2. The first-order valence-electron chi connectivity index (χ1n) is 6.90. The fraction of sp³-hybridized carbons (Fsp3) is 0.692. The summed E-state index contributed by atoms with van der Waals surface area (Å²) >= 11 is 0. The van der Waals surface area contributed by atoms with Crippen molar-refractivity contribution in [1.29, 1.82) is 0 Å². The number of hydrogen-bond acceptors (Lipinski definition) is 4. The highest BCUT2D eigenvalue weighted by atomic mass is 16.1. The third kappa shape index (κ3) is 2.67. The maximum Gasteiger partial charge on any atom is 0.237 e. The Hall–Kier alpha value is -1.72. The van der Waals surface area contributed by atoms with E-state index in [0.717, 1.165) is 30.8 Å². The van der Waals surface area contributed by atoms with Crippen LogP contribution in [0.3, 0.4) is 0 Å². The molecule has 1 fully saturated rings. The van der Waals surface area contributed by atoms with Crippen LogP contribution in [0.4, 0.5) is 11.5 Å². The summed E-state index contributed by atoms with van der Waals surface area (Å²) < 4.78 is 1.77. The molecule has 0 aromatic carbocycles. The average molecular weight is 265 g/mol. The van der Waals surface area contributed by atoms with Crippen LogP contribution in [-0.2, 0) is 18.3 Å². The summed E-state index contributed by atoms with van der Waals surface area (Å²) in [5, 5.41) is 4.43. The predicted octanol–water partition coefficient (Wildman–Crippen LogP) is 0.799. The molecule has 6 nitrogen and oxygen atoms in total. The molecule has 0 atom stereocenters. The molecule has 1 aromatic heterocycles. The summed E-state index contributed by atoms with van der Waals surface area (Å²) in [6, 6.07) is 0.343. The van der Waals surface area contributed by atoms with Crippen molar-refractivity contribution in [1.82, 2.24) is 9.78 Å². The summed E-state index contributed by atoms with van der Waals surface area (Å²) in [4.78, 5) is 13.4. The number of anilines is 2. The van der Waals surface area contributed by atoms with Gasteiger partial charge in [0.05, 0.1) is 17.9 Å². The Balaban J connectivity index is 2.36. The number of carbonyl (C=O) groups is 1. The molecule has 106 valence electrons. The van der Waals surface area contributed by atoms with Gasteiger partial charge in [0.1, 0.15) is 0 Å². The number of aryl methyl sites for hydroxylation is 2. The number of nitrogens with two attached hydrogens (primary N) is 2. The van der Waals surface area contributed by atoms with Crippen LogP contribution in [-0.4, -0.2) is 28.3 Å². The summed E-state index contributed by atoms with van der Waals surface area (Å²) in [5.74, 6) is 0.507. The molecule has 0 spiro atoms. The quantitative estimate of drug-likeness (QED) is 0.824. The van der Waals surface area contributed by atoms with E-state index in [1.165, 1.54) is 12.8 Å². The molecule has 1 amide bonds. The minimum Gasteiger partial charge on any atom is -0.394 e. The Morgan fingerprint density at radius 1 is 1.47 bits per heavy atom. The topological polar surface area (TPSA) is 90.2 Å². The molecule has 0 aliphatic heterocycles. The first-order chi connectivity index (χ1) is 9.04. The second-order valence-corrected chi connectivity index (χ2v) is 5.19. The Morgan fingerprint density at radius 3 is 2.58 bits per heavy atom. The van der Waals surface area contributed by atoms with E-state index in [0.29, 0.717) is 11.7 Å². The predicted molar refractivity (Wildman–Crippen MR) is 75.8 cm³/mol. The Morgan fingerprint density at radius 2 is 2.11 bits per heavy atom. The molecule has 0 saturated heterocycles. The second kappa shape index (κ2) is 5.50. The van der Waals surface area contributed by atoms with Gasteiger partial charge in [-0.2, -0.15) is 5.10 Å². The van der Waals surface area contributed by atoms with Crippen LogP contribution in [0.25, 0.3) is 0 Å². The number of rotatable bonds is 5. The van der Waals surface area contributed by atoms with Gasteiger partial charge < -0.3 is 16.4 Å². The van der Waals surface area contributed by atoms with E-state index in [-0.39, 0.29) is 12.5 Å². The highest BCUT2D eigenvalue weighted by molar-refractivity contribution is 5.81. The van der Waals surface area contributed by atoms with E-state index < -0.39 is 0 Å². The van der Waals surface area contributed by atoms with E-state index in [2.05, 4.69) is 5.10 Å². The van der Waals surface area contributed by atoms with Gasteiger partial charge in [-0.15, -0.1) is 0 Å². The lowest BCUT2D eigenvalue weighted by atomic mass is 10.2. The van der Waals surface area contributed by atoms with E-state index in [4.69, 9.17) is 11.5 Å². The monoisotopic (exact) mass is 265 g/mol. The number of carbonyl (C=O) groups excluding carboxylic acids is 1. The molecule has 6 heteroatoms. The van der Waals surface area contributed by atoms with Gasteiger partial charge in [0.25, 0.3) is 0 Å². The first kappa shape index (κ1) is 13.7. The molecule has 1 saturated carbocycles. The molecule has 0 radical (unpaired) electrons. The first-order valence-corrected chi connectivity index (χ1v) is 6.90. The van der Waals surface area contributed by atoms with Crippen molar-refractivity contribution in [2.75, 3.05) is 17.2 Å². The zero-order chi connectivity index (χ0) is 14.0. The van der Waals surface area contributed by atoms with E-state index in [1.807, 2.05) is 18.9 Å². The van der Waals surface area contributed by atoms with Crippen molar-refractivity contribution >= 4 is 17.4 Å². The van der Waals surface area contributed by atoms with E-state index >= 15 is 0 Å². The number of amides is 1. The van der Waals surface area contributed by atoms with Gasteiger partial charge in [0, 0.05) is 13.1 Å². The van der Waals surface area contributed by atoms with E-state index in [1.54, 1.807) is 4.68 Å². The maximum atomic E-state index is 11.3. The Kier molecular flexibility index (Phi) is 3.97. The lowest BCUT2D eigenvalue weighted by Crippen LogP contribution is -2.41. The van der Waals surface area contributed by atoms with Crippen LogP contribution in [0.1, 0.15) is 38.3 Å². The normalized spacial score (nSPS) is 15.9.